The Labute approximate surface area is 108 Å². The van der Waals surface area contributed by atoms with Crippen LogP contribution in [0.3, 0.4) is 0 Å². The van der Waals surface area contributed by atoms with Crippen LogP contribution in [0.4, 0.5) is 5.69 Å². The molecule has 0 saturated heterocycles. The average molecular weight is 247 g/mol. The fourth-order valence-electron chi connectivity index (χ4n) is 2.75. The van der Waals surface area contributed by atoms with E-state index < -0.39 is 5.97 Å². The third-order valence-corrected chi connectivity index (χ3v) is 3.70. The number of nitrogens with one attached hydrogen (secondary N) is 1. The van der Waals surface area contributed by atoms with Crippen LogP contribution in [0, 0.1) is 12.8 Å². The molecule has 1 aromatic rings. The molecule has 2 rings (SSSR count). The molecule has 0 spiro atoms. The summed E-state index contributed by atoms with van der Waals surface area (Å²) in [6.07, 6.45) is 4.79. The number of carboxylic acid groups (broad SMARTS) is 1. The molecule has 0 amide bonds. The number of rotatable bonds is 3. The molecule has 1 aliphatic rings. The Kier molecular flexibility index (Phi) is 3.90. The first-order valence-corrected chi connectivity index (χ1v) is 6.66. The van der Waals surface area contributed by atoms with E-state index in [0.29, 0.717) is 11.6 Å². The van der Waals surface area contributed by atoms with E-state index in [2.05, 4.69) is 12.2 Å². The first-order chi connectivity index (χ1) is 8.56. The molecule has 0 aliphatic heterocycles. The van der Waals surface area contributed by atoms with E-state index >= 15 is 0 Å². The first-order valence-electron chi connectivity index (χ1n) is 6.66. The molecule has 98 valence electrons. The minimum absolute atomic E-state index is 0.374. The SMILES string of the molecule is Cc1ccc(C(=O)O)c(NC2CCCC(C)C2)c1. The minimum Gasteiger partial charge on any atom is -0.478 e. The van der Waals surface area contributed by atoms with Crippen molar-refractivity contribution in [3.8, 4) is 0 Å². The summed E-state index contributed by atoms with van der Waals surface area (Å²) in [7, 11) is 0. The molecule has 0 heterocycles. The molecule has 2 atom stereocenters. The first kappa shape index (κ1) is 12.9. The molecule has 3 nitrogen and oxygen atoms in total. The summed E-state index contributed by atoms with van der Waals surface area (Å²) in [6, 6.07) is 5.88. The maximum Gasteiger partial charge on any atom is 0.337 e. The number of aryl methyl sites for hydroxylation is 1. The maximum atomic E-state index is 11.2. The molecule has 1 aromatic carbocycles. The van der Waals surface area contributed by atoms with Crippen molar-refractivity contribution in [2.75, 3.05) is 5.32 Å². The molecule has 2 N–H and O–H groups in total. The predicted molar refractivity (Wildman–Crippen MR) is 73.2 cm³/mol. The summed E-state index contributed by atoms with van der Waals surface area (Å²) in [5.41, 5.74) is 2.23. The van der Waals surface area contributed by atoms with Gasteiger partial charge in [0, 0.05) is 11.7 Å². The fraction of sp³-hybridized carbons (Fsp3) is 0.533. The molecular formula is C15H21NO2. The van der Waals surface area contributed by atoms with Gasteiger partial charge in [0.2, 0.25) is 0 Å². The van der Waals surface area contributed by atoms with Crippen molar-refractivity contribution in [2.45, 2.75) is 45.6 Å². The molecule has 1 fully saturated rings. The van der Waals surface area contributed by atoms with Crippen molar-refractivity contribution < 1.29 is 9.90 Å². The highest BCUT2D eigenvalue weighted by molar-refractivity contribution is 5.94. The maximum absolute atomic E-state index is 11.2. The van der Waals surface area contributed by atoms with Gasteiger partial charge in [0.1, 0.15) is 0 Å². The smallest absolute Gasteiger partial charge is 0.337 e. The second-order valence-electron chi connectivity index (χ2n) is 5.47. The van der Waals surface area contributed by atoms with Gasteiger partial charge in [0.15, 0.2) is 0 Å². The lowest BCUT2D eigenvalue weighted by Crippen LogP contribution is -2.27. The molecule has 1 saturated carbocycles. The molecule has 0 aromatic heterocycles. The van der Waals surface area contributed by atoms with E-state index in [0.717, 1.165) is 30.0 Å². The largest absolute Gasteiger partial charge is 0.478 e. The van der Waals surface area contributed by atoms with Crippen molar-refractivity contribution in [3.05, 3.63) is 29.3 Å². The lowest BCUT2D eigenvalue weighted by molar-refractivity contribution is 0.0698. The van der Waals surface area contributed by atoms with Crippen LogP contribution < -0.4 is 5.32 Å². The standard InChI is InChI=1S/C15H21NO2/c1-10-4-3-5-12(8-10)16-14-9-11(2)6-7-13(14)15(17)18/h6-7,9-10,12,16H,3-5,8H2,1-2H3,(H,17,18). The molecule has 18 heavy (non-hydrogen) atoms. The van der Waals surface area contributed by atoms with Crippen molar-refractivity contribution in [3.63, 3.8) is 0 Å². The van der Waals surface area contributed by atoms with E-state index in [4.69, 9.17) is 0 Å². The number of carboxylic acids is 1. The quantitative estimate of drug-likeness (QED) is 0.856. The lowest BCUT2D eigenvalue weighted by Gasteiger charge is -2.28. The van der Waals surface area contributed by atoms with Gasteiger partial charge in [-0.15, -0.1) is 0 Å². The van der Waals surface area contributed by atoms with Crippen LogP contribution in [-0.4, -0.2) is 17.1 Å². The van der Waals surface area contributed by atoms with E-state index in [1.54, 1.807) is 6.07 Å². The number of anilines is 1. The van der Waals surface area contributed by atoms with Gasteiger partial charge in [-0.05, 0) is 43.4 Å². The zero-order valence-corrected chi connectivity index (χ0v) is 11.1. The van der Waals surface area contributed by atoms with Crippen LogP contribution in [-0.2, 0) is 0 Å². The molecular weight excluding hydrogens is 226 g/mol. The predicted octanol–water partition coefficient (Wildman–Crippen LogP) is 3.68. The van der Waals surface area contributed by atoms with Gasteiger partial charge in [0.05, 0.1) is 5.56 Å². The van der Waals surface area contributed by atoms with E-state index in [1.807, 2.05) is 19.1 Å². The third kappa shape index (κ3) is 3.03. The summed E-state index contributed by atoms with van der Waals surface area (Å²) < 4.78 is 0. The number of hydrogen-bond acceptors (Lipinski definition) is 2. The van der Waals surface area contributed by atoms with Gasteiger partial charge in [0.25, 0.3) is 0 Å². The van der Waals surface area contributed by atoms with Crippen LogP contribution in [0.5, 0.6) is 0 Å². The van der Waals surface area contributed by atoms with Crippen LogP contribution in [0.2, 0.25) is 0 Å². The Bertz CT molecular complexity index is 442. The average Bonchev–Trinajstić information content (AvgIpc) is 2.28. The second kappa shape index (κ2) is 5.42. The summed E-state index contributed by atoms with van der Waals surface area (Å²) >= 11 is 0. The lowest BCUT2D eigenvalue weighted by atomic mass is 9.87. The van der Waals surface area contributed by atoms with Crippen LogP contribution in [0.1, 0.15) is 48.5 Å². The molecule has 0 radical (unpaired) electrons. The van der Waals surface area contributed by atoms with E-state index in [-0.39, 0.29) is 0 Å². The van der Waals surface area contributed by atoms with Gasteiger partial charge in [-0.25, -0.2) is 4.79 Å². The Morgan fingerprint density at radius 2 is 2.17 bits per heavy atom. The van der Waals surface area contributed by atoms with Crippen molar-refractivity contribution in [1.82, 2.24) is 0 Å². The summed E-state index contributed by atoms with van der Waals surface area (Å²) in [5, 5.41) is 12.6. The molecule has 3 heteroatoms. The van der Waals surface area contributed by atoms with Crippen LogP contribution in [0.25, 0.3) is 0 Å². The topological polar surface area (TPSA) is 49.3 Å². The highest BCUT2D eigenvalue weighted by atomic mass is 16.4. The third-order valence-electron chi connectivity index (χ3n) is 3.70. The second-order valence-corrected chi connectivity index (χ2v) is 5.47. The van der Waals surface area contributed by atoms with Crippen molar-refractivity contribution in [2.24, 2.45) is 5.92 Å². The van der Waals surface area contributed by atoms with Crippen LogP contribution >= 0.6 is 0 Å². The number of carbonyl (C=O) groups is 1. The highest BCUT2D eigenvalue weighted by Crippen LogP contribution is 2.27. The number of hydrogen-bond donors (Lipinski definition) is 2. The summed E-state index contributed by atoms with van der Waals surface area (Å²) in [6.45, 7) is 4.25. The van der Waals surface area contributed by atoms with Gasteiger partial charge < -0.3 is 10.4 Å². The molecule has 0 bridgehead atoms. The molecule has 2 unspecified atom stereocenters. The zero-order chi connectivity index (χ0) is 13.1. The highest BCUT2D eigenvalue weighted by Gasteiger charge is 2.20. The Morgan fingerprint density at radius 1 is 1.39 bits per heavy atom. The van der Waals surface area contributed by atoms with Crippen molar-refractivity contribution >= 4 is 11.7 Å². The number of aromatic carboxylic acids is 1. The van der Waals surface area contributed by atoms with Gasteiger partial charge in [-0.1, -0.05) is 25.8 Å². The van der Waals surface area contributed by atoms with E-state index in [9.17, 15) is 9.90 Å². The Hall–Kier alpha value is -1.51. The van der Waals surface area contributed by atoms with Gasteiger partial charge in [-0.3, -0.25) is 0 Å². The van der Waals surface area contributed by atoms with Gasteiger partial charge in [-0.2, -0.15) is 0 Å². The zero-order valence-electron chi connectivity index (χ0n) is 11.1. The molecule has 1 aliphatic carbocycles. The normalized spacial score (nSPS) is 23.7. The minimum atomic E-state index is -0.860. The van der Waals surface area contributed by atoms with Crippen molar-refractivity contribution in [1.29, 1.82) is 0 Å². The van der Waals surface area contributed by atoms with Crippen LogP contribution in [0.15, 0.2) is 18.2 Å². The van der Waals surface area contributed by atoms with E-state index in [1.165, 1.54) is 12.8 Å². The Balaban J connectivity index is 2.16. The summed E-state index contributed by atoms with van der Waals surface area (Å²) in [4.78, 5) is 11.2. The summed E-state index contributed by atoms with van der Waals surface area (Å²) in [5.74, 6) is -0.129. The fourth-order valence-corrected chi connectivity index (χ4v) is 2.75. The Morgan fingerprint density at radius 3 is 2.83 bits per heavy atom. The van der Waals surface area contributed by atoms with Gasteiger partial charge >= 0.3 is 5.97 Å². The monoisotopic (exact) mass is 247 g/mol. The number of benzene rings is 1.